The fourth-order valence-electron chi connectivity index (χ4n) is 3.30. The van der Waals surface area contributed by atoms with Crippen LogP contribution >= 0.6 is 0 Å². The standard InChI is InChI=1S/C12H28O6Si2/c1-13-19(14-2,15-3)11-7-9-12(10-8-11)20(16-4,17-5)18-6/h11-12H,7-10H2,1-6H3. The van der Waals surface area contributed by atoms with E-state index in [1.165, 1.54) is 0 Å². The van der Waals surface area contributed by atoms with Gasteiger partial charge in [-0.25, -0.2) is 0 Å². The minimum Gasteiger partial charge on any atom is -0.377 e. The fourth-order valence-corrected chi connectivity index (χ4v) is 8.38. The summed E-state index contributed by atoms with van der Waals surface area (Å²) in [6.45, 7) is 0. The van der Waals surface area contributed by atoms with Crippen LogP contribution in [0.4, 0.5) is 0 Å². The average molecular weight is 325 g/mol. The van der Waals surface area contributed by atoms with Crippen LogP contribution in [0.5, 0.6) is 0 Å². The predicted octanol–water partition coefficient (Wildman–Crippen LogP) is 2.06. The van der Waals surface area contributed by atoms with Gasteiger partial charge in [-0.3, -0.25) is 0 Å². The van der Waals surface area contributed by atoms with Crippen molar-refractivity contribution in [1.82, 2.24) is 0 Å². The summed E-state index contributed by atoms with van der Waals surface area (Å²) in [5, 5.41) is 0. The first-order valence-corrected chi connectivity index (χ1v) is 10.5. The van der Waals surface area contributed by atoms with Gasteiger partial charge in [0.05, 0.1) is 0 Å². The molecule has 0 spiro atoms. The maximum Gasteiger partial charge on any atom is 0.503 e. The predicted molar refractivity (Wildman–Crippen MR) is 79.5 cm³/mol. The molecule has 0 aliphatic heterocycles. The highest BCUT2D eigenvalue weighted by Crippen LogP contribution is 2.46. The van der Waals surface area contributed by atoms with E-state index < -0.39 is 17.6 Å². The maximum absolute atomic E-state index is 5.59. The third-order valence-corrected chi connectivity index (χ3v) is 11.0. The molecule has 1 aliphatic carbocycles. The van der Waals surface area contributed by atoms with Gasteiger partial charge in [0.25, 0.3) is 0 Å². The summed E-state index contributed by atoms with van der Waals surface area (Å²) < 4.78 is 33.5. The Bertz CT molecular complexity index is 231. The van der Waals surface area contributed by atoms with Crippen molar-refractivity contribution in [2.24, 2.45) is 0 Å². The molecule has 0 unspecified atom stereocenters. The Morgan fingerprint density at radius 2 is 0.700 bits per heavy atom. The second kappa shape index (κ2) is 7.99. The molecular weight excluding hydrogens is 296 g/mol. The zero-order valence-corrected chi connectivity index (χ0v) is 15.4. The average Bonchev–Trinajstić information content (AvgIpc) is 2.53. The molecule has 0 atom stereocenters. The summed E-state index contributed by atoms with van der Waals surface area (Å²) in [5.74, 6) is 0. The van der Waals surface area contributed by atoms with Crippen LogP contribution in [0.2, 0.25) is 11.1 Å². The highest BCUT2D eigenvalue weighted by atomic mass is 28.4. The molecule has 0 N–H and O–H groups in total. The first kappa shape index (κ1) is 18.2. The summed E-state index contributed by atoms with van der Waals surface area (Å²) in [4.78, 5) is 0. The third kappa shape index (κ3) is 3.33. The number of hydrogen-bond donors (Lipinski definition) is 0. The number of hydrogen-bond acceptors (Lipinski definition) is 6. The Balaban J connectivity index is 2.72. The Hall–Kier alpha value is 0.194. The van der Waals surface area contributed by atoms with Gasteiger partial charge in [-0.05, 0) is 25.7 Å². The quantitative estimate of drug-likeness (QED) is 0.637. The molecule has 20 heavy (non-hydrogen) atoms. The van der Waals surface area contributed by atoms with Crippen molar-refractivity contribution in [1.29, 1.82) is 0 Å². The topological polar surface area (TPSA) is 55.4 Å². The molecule has 0 amide bonds. The summed E-state index contributed by atoms with van der Waals surface area (Å²) in [6, 6.07) is 0. The summed E-state index contributed by atoms with van der Waals surface area (Å²) >= 11 is 0. The van der Waals surface area contributed by atoms with Crippen LogP contribution in [-0.2, 0) is 26.6 Å². The van der Waals surface area contributed by atoms with E-state index in [4.69, 9.17) is 26.6 Å². The van der Waals surface area contributed by atoms with E-state index in [9.17, 15) is 0 Å². The maximum atomic E-state index is 5.59. The van der Waals surface area contributed by atoms with Crippen LogP contribution in [0.3, 0.4) is 0 Å². The molecule has 0 aromatic carbocycles. The summed E-state index contributed by atoms with van der Waals surface area (Å²) in [7, 11) is 4.94. The Kier molecular flexibility index (Phi) is 7.29. The molecule has 1 rings (SSSR count). The smallest absolute Gasteiger partial charge is 0.377 e. The molecular formula is C12H28O6Si2. The molecule has 0 heterocycles. The van der Waals surface area contributed by atoms with E-state index in [2.05, 4.69) is 0 Å². The largest absolute Gasteiger partial charge is 0.503 e. The highest BCUT2D eigenvalue weighted by Gasteiger charge is 2.53. The van der Waals surface area contributed by atoms with Crippen molar-refractivity contribution < 1.29 is 26.6 Å². The highest BCUT2D eigenvalue weighted by molar-refractivity contribution is 6.63. The zero-order chi connectivity index (χ0) is 15.2. The van der Waals surface area contributed by atoms with Crippen molar-refractivity contribution >= 4 is 17.6 Å². The van der Waals surface area contributed by atoms with Gasteiger partial charge in [-0.2, -0.15) is 0 Å². The Morgan fingerprint density at radius 3 is 0.850 bits per heavy atom. The molecule has 0 aromatic heterocycles. The SMILES string of the molecule is CO[Si](OC)(OC)C1CCC([Si](OC)(OC)OC)CC1. The van der Waals surface area contributed by atoms with Gasteiger partial charge in [0.1, 0.15) is 0 Å². The van der Waals surface area contributed by atoms with Crippen molar-refractivity contribution in [3.8, 4) is 0 Å². The van der Waals surface area contributed by atoms with Crippen molar-refractivity contribution in [2.75, 3.05) is 42.7 Å². The second-order valence-corrected chi connectivity index (χ2v) is 11.5. The fraction of sp³-hybridized carbons (Fsp3) is 1.00. The lowest BCUT2D eigenvalue weighted by atomic mass is 9.99. The number of rotatable bonds is 8. The minimum absolute atomic E-state index is 0.330. The molecule has 1 fully saturated rings. The normalized spacial score (nSPS) is 24.9. The molecule has 0 saturated heterocycles. The lowest BCUT2D eigenvalue weighted by molar-refractivity contribution is 0.0889. The van der Waals surface area contributed by atoms with Crippen molar-refractivity contribution in [2.45, 2.75) is 36.8 Å². The van der Waals surface area contributed by atoms with Crippen LogP contribution in [0.1, 0.15) is 25.7 Å². The lowest BCUT2D eigenvalue weighted by Crippen LogP contribution is -2.52. The van der Waals surface area contributed by atoms with Gasteiger partial charge < -0.3 is 26.6 Å². The van der Waals surface area contributed by atoms with Crippen LogP contribution in [0, 0.1) is 0 Å². The van der Waals surface area contributed by atoms with E-state index in [0.29, 0.717) is 11.1 Å². The van der Waals surface area contributed by atoms with Crippen LogP contribution in [0.25, 0.3) is 0 Å². The van der Waals surface area contributed by atoms with Gasteiger partial charge >= 0.3 is 17.6 Å². The molecule has 120 valence electrons. The molecule has 1 aliphatic rings. The van der Waals surface area contributed by atoms with Crippen molar-refractivity contribution in [3.05, 3.63) is 0 Å². The van der Waals surface area contributed by atoms with E-state index in [-0.39, 0.29) is 0 Å². The Morgan fingerprint density at radius 1 is 0.500 bits per heavy atom. The van der Waals surface area contributed by atoms with E-state index >= 15 is 0 Å². The van der Waals surface area contributed by atoms with Gasteiger partial charge in [-0.15, -0.1) is 0 Å². The monoisotopic (exact) mass is 324 g/mol. The Labute approximate surface area is 124 Å². The molecule has 0 radical (unpaired) electrons. The molecule has 1 saturated carbocycles. The summed E-state index contributed by atoms with van der Waals surface area (Å²) in [5.41, 5.74) is 0.659. The van der Waals surface area contributed by atoms with E-state index in [1.807, 2.05) is 0 Å². The van der Waals surface area contributed by atoms with Crippen LogP contribution < -0.4 is 0 Å². The van der Waals surface area contributed by atoms with Gasteiger partial charge in [0.2, 0.25) is 0 Å². The van der Waals surface area contributed by atoms with Gasteiger partial charge in [0.15, 0.2) is 0 Å². The van der Waals surface area contributed by atoms with Crippen molar-refractivity contribution in [3.63, 3.8) is 0 Å². The molecule has 8 heteroatoms. The van der Waals surface area contributed by atoms with Crippen LogP contribution in [-0.4, -0.2) is 60.3 Å². The van der Waals surface area contributed by atoms with Crippen LogP contribution in [0.15, 0.2) is 0 Å². The van der Waals surface area contributed by atoms with E-state index in [0.717, 1.165) is 25.7 Å². The second-order valence-electron chi connectivity index (χ2n) is 4.98. The lowest BCUT2D eigenvalue weighted by Gasteiger charge is -2.40. The van der Waals surface area contributed by atoms with Gasteiger partial charge in [0, 0.05) is 53.7 Å². The van der Waals surface area contributed by atoms with Gasteiger partial charge in [-0.1, -0.05) is 0 Å². The first-order chi connectivity index (χ1) is 9.57. The molecule has 6 nitrogen and oxygen atoms in total. The zero-order valence-electron chi connectivity index (χ0n) is 13.4. The third-order valence-electron chi connectivity index (χ3n) is 4.43. The minimum atomic E-state index is -2.54. The molecule has 0 aromatic rings. The molecule has 0 bridgehead atoms. The first-order valence-electron chi connectivity index (χ1n) is 6.88. The summed E-state index contributed by atoms with van der Waals surface area (Å²) in [6.07, 6.45) is 3.93. The van der Waals surface area contributed by atoms with E-state index in [1.54, 1.807) is 42.7 Å².